The van der Waals surface area contributed by atoms with Crippen molar-refractivity contribution in [2.45, 2.75) is 19.4 Å². The first-order chi connectivity index (χ1) is 7.95. The highest BCUT2D eigenvalue weighted by molar-refractivity contribution is 7.88. The van der Waals surface area contributed by atoms with Crippen molar-refractivity contribution in [1.29, 1.82) is 0 Å². The third kappa shape index (κ3) is 3.13. The molecule has 2 heterocycles. The van der Waals surface area contributed by atoms with Crippen molar-refractivity contribution >= 4 is 10.0 Å². The second-order valence-electron chi connectivity index (χ2n) is 4.16. The van der Waals surface area contributed by atoms with Crippen LogP contribution in [-0.2, 0) is 10.0 Å². The lowest BCUT2D eigenvalue weighted by Gasteiger charge is -2.14. The van der Waals surface area contributed by atoms with E-state index in [0.717, 1.165) is 5.69 Å². The van der Waals surface area contributed by atoms with Crippen LogP contribution in [0.15, 0.2) is 12.1 Å². The topological polar surface area (TPSA) is 72.4 Å². The molecular weight excluding hydrogens is 242 g/mol. The third-order valence-corrected chi connectivity index (χ3v) is 3.91. The van der Waals surface area contributed by atoms with Gasteiger partial charge < -0.3 is 4.74 Å². The molecule has 0 amide bonds. The van der Waals surface area contributed by atoms with Crippen LogP contribution in [0.4, 0.5) is 0 Å². The van der Waals surface area contributed by atoms with Gasteiger partial charge >= 0.3 is 0 Å². The quantitative estimate of drug-likeness (QED) is 0.773. The fourth-order valence-electron chi connectivity index (χ4n) is 1.72. The Morgan fingerprint density at radius 1 is 1.41 bits per heavy atom. The molecule has 17 heavy (non-hydrogen) atoms. The Bertz CT molecular complexity index is 486. The van der Waals surface area contributed by atoms with Crippen molar-refractivity contribution in [1.82, 2.24) is 14.5 Å². The SMILES string of the molecule is Cc1ccc(OC2CCN(S(C)(=O)=O)C2)nn1. The predicted molar refractivity (Wildman–Crippen MR) is 62.2 cm³/mol. The van der Waals surface area contributed by atoms with Gasteiger partial charge in [0.2, 0.25) is 15.9 Å². The second-order valence-corrected chi connectivity index (χ2v) is 6.14. The molecule has 0 spiro atoms. The van der Waals surface area contributed by atoms with Gasteiger partial charge in [-0.15, -0.1) is 5.10 Å². The van der Waals surface area contributed by atoms with Crippen molar-refractivity contribution in [2.75, 3.05) is 19.3 Å². The number of sulfonamides is 1. The van der Waals surface area contributed by atoms with Gasteiger partial charge in [-0.1, -0.05) is 0 Å². The van der Waals surface area contributed by atoms with Gasteiger partial charge in [0.25, 0.3) is 0 Å². The van der Waals surface area contributed by atoms with Crippen LogP contribution in [0.1, 0.15) is 12.1 Å². The van der Waals surface area contributed by atoms with Crippen LogP contribution in [0, 0.1) is 6.92 Å². The molecule has 0 aliphatic carbocycles. The minimum absolute atomic E-state index is 0.137. The molecule has 1 aromatic heterocycles. The lowest BCUT2D eigenvalue weighted by molar-refractivity contribution is 0.204. The van der Waals surface area contributed by atoms with Crippen molar-refractivity contribution in [2.24, 2.45) is 0 Å². The highest BCUT2D eigenvalue weighted by Gasteiger charge is 2.30. The average molecular weight is 257 g/mol. The van der Waals surface area contributed by atoms with Gasteiger partial charge in [0.1, 0.15) is 6.10 Å². The number of hydrogen-bond donors (Lipinski definition) is 0. The summed E-state index contributed by atoms with van der Waals surface area (Å²) in [5.74, 6) is 0.441. The van der Waals surface area contributed by atoms with Gasteiger partial charge in [-0.2, -0.15) is 9.40 Å². The summed E-state index contributed by atoms with van der Waals surface area (Å²) in [4.78, 5) is 0. The van der Waals surface area contributed by atoms with E-state index in [0.29, 0.717) is 25.4 Å². The smallest absolute Gasteiger partial charge is 0.233 e. The van der Waals surface area contributed by atoms with E-state index in [4.69, 9.17) is 4.74 Å². The normalized spacial score (nSPS) is 21.6. The molecule has 6 nitrogen and oxygen atoms in total. The van der Waals surface area contributed by atoms with Gasteiger partial charge in [0, 0.05) is 12.6 Å². The van der Waals surface area contributed by atoms with Crippen molar-refractivity contribution < 1.29 is 13.2 Å². The summed E-state index contributed by atoms with van der Waals surface area (Å²) in [5, 5.41) is 7.77. The Hall–Kier alpha value is -1.21. The molecule has 1 unspecified atom stereocenters. The Balaban J connectivity index is 1.96. The van der Waals surface area contributed by atoms with Crippen molar-refractivity contribution in [3.05, 3.63) is 17.8 Å². The summed E-state index contributed by atoms with van der Waals surface area (Å²) < 4.78 is 29.6. The van der Waals surface area contributed by atoms with Crippen LogP contribution in [0.2, 0.25) is 0 Å². The monoisotopic (exact) mass is 257 g/mol. The first-order valence-electron chi connectivity index (χ1n) is 5.37. The Morgan fingerprint density at radius 2 is 2.18 bits per heavy atom. The number of hydrogen-bond acceptors (Lipinski definition) is 5. The molecule has 0 saturated carbocycles. The molecule has 7 heteroatoms. The third-order valence-electron chi connectivity index (χ3n) is 2.64. The van der Waals surface area contributed by atoms with E-state index in [1.807, 2.05) is 13.0 Å². The molecule has 1 fully saturated rings. The first kappa shape index (κ1) is 12.3. The van der Waals surface area contributed by atoms with E-state index in [-0.39, 0.29) is 6.10 Å². The van der Waals surface area contributed by atoms with Crippen LogP contribution in [0.5, 0.6) is 5.88 Å². The maximum atomic E-state index is 11.3. The van der Waals surface area contributed by atoms with E-state index in [2.05, 4.69) is 10.2 Å². The number of rotatable bonds is 3. The summed E-state index contributed by atoms with van der Waals surface area (Å²) in [5.41, 5.74) is 0.821. The summed E-state index contributed by atoms with van der Waals surface area (Å²) in [6.45, 7) is 2.73. The van der Waals surface area contributed by atoms with Gasteiger partial charge in [0.15, 0.2) is 0 Å². The molecule has 1 saturated heterocycles. The fraction of sp³-hybridized carbons (Fsp3) is 0.600. The molecule has 0 aromatic carbocycles. The number of nitrogens with zero attached hydrogens (tertiary/aromatic N) is 3. The van der Waals surface area contributed by atoms with Crippen molar-refractivity contribution in [3.8, 4) is 5.88 Å². The van der Waals surface area contributed by atoms with E-state index in [9.17, 15) is 8.42 Å². The zero-order valence-corrected chi connectivity index (χ0v) is 10.6. The molecule has 0 N–H and O–H groups in total. The highest BCUT2D eigenvalue weighted by Crippen LogP contribution is 2.17. The van der Waals surface area contributed by atoms with Crippen LogP contribution < -0.4 is 4.74 Å². The Labute approximate surface area is 101 Å². The largest absolute Gasteiger partial charge is 0.472 e. The molecule has 1 aliphatic rings. The van der Waals surface area contributed by atoms with E-state index < -0.39 is 10.0 Å². The Kier molecular flexibility index (Phi) is 3.30. The van der Waals surface area contributed by atoms with Crippen LogP contribution in [-0.4, -0.2) is 48.4 Å². The minimum atomic E-state index is -3.12. The highest BCUT2D eigenvalue weighted by atomic mass is 32.2. The number of aryl methyl sites for hydroxylation is 1. The second kappa shape index (κ2) is 4.58. The van der Waals surface area contributed by atoms with Gasteiger partial charge in [-0.3, -0.25) is 0 Å². The molecule has 2 rings (SSSR count). The van der Waals surface area contributed by atoms with Crippen LogP contribution >= 0.6 is 0 Å². The first-order valence-corrected chi connectivity index (χ1v) is 7.22. The molecule has 1 aromatic rings. The zero-order chi connectivity index (χ0) is 12.5. The number of ether oxygens (including phenoxy) is 1. The lowest BCUT2D eigenvalue weighted by Crippen LogP contribution is -2.30. The summed E-state index contributed by atoms with van der Waals surface area (Å²) in [6, 6.07) is 3.55. The van der Waals surface area contributed by atoms with Gasteiger partial charge in [-0.25, -0.2) is 8.42 Å². The summed E-state index contributed by atoms with van der Waals surface area (Å²) in [7, 11) is -3.12. The van der Waals surface area contributed by atoms with Gasteiger partial charge in [0.05, 0.1) is 18.5 Å². The molecule has 1 aliphatic heterocycles. The average Bonchev–Trinajstić information content (AvgIpc) is 2.69. The minimum Gasteiger partial charge on any atom is -0.472 e. The molecule has 94 valence electrons. The maximum Gasteiger partial charge on any atom is 0.233 e. The number of aromatic nitrogens is 2. The van der Waals surface area contributed by atoms with Crippen LogP contribution in [0.25, 0.3) is 0 Å². The summed E-state index contributed by atoms with van der Waals surface area (Å²) >= 11 is 0. The fourth-order valence-corrected chi connectivity index (χ4v) is 2.59. The van der Waals surface area contributed by atoms with E-state index in [1.165, 1.54) is 10.6 Å². The van der Waals surface area contributed by atoms with E-state index >= 15 is 0 Å². The predicted octanol–water partition coefficient (Wildman–Crippen LogP) is 0.198. The molecule has 0 radical (unpaired) electrons. The zero-order valence-electron chi connectivity index (χ0n) is 9.83. The molecule has 1 atom stereocenters. The van der Waals surface area contributed by atoms with Gasteiger partial charge in [-0.05, 0) is 19.4 Å². The maximum absolute atomic E-state index is 11.3. The standard InChI is InChI=1S/C10H15N3O3S/c1-8-3-4-10(12-11-8)16-9-5-6-13(7-9)17(2,14)15/h3-4,9H,5-7H2,1-2H3. The lowest BCUT2D eigenvalue weighted by atomic mass is 10.3. The molecule has 0 bridgehead atoms. The summed E-state index contributed by atoms with van der Waals surface area (Å²) in [6.07, 6.45) is 1.76. The van der Waals surface area contributed by atoms with Crippen molar-refractivity contribution in [3.63, 3.8) is 0 Å². The molecular formula is C10H15N3O3S. The Morgan fingerprint density at radius 3 is 2.71 bits per heavy atom. The van der Waals surface area contributed by atoms with E-state index in [1.54, 1.807) is 6.07 Å². The van der Waals surface area contributed by atoms with Crippen LogP contribution in [0.3, 0.4) is 0 Å².